The lowest BCUT2D eigenvalue weighted by Crippen LogP contribution is -2.44. The maximum absolute atomic E-state index is 12.0. The Balaban J connectivity index is 1.62. The van der Waals surface area contributed by atoms with Crippen LogP contribution >= 0.6 is 23.4 Å². The number of rotatable bonds is 12. The molecule has 6 nitrogen and oxygen atoms in total. The predicted molar refractivity (Wildman–Crippen MR) is 135 cm³/mol. The molecule has 2 aromatic rings. The van der Waals surface area contributed by atoms with Crippen LogP contribution < -0.4 is 4.74 Å². The lowest BCUT2D eigenvalue weighted by atomic mass is 9.81. The number of piperidine rings is 1. The van der Waals surface area contributed by atoms with Gasteiger partial charge < -0.3 is 19.8 Å². The number of carboxylic acid groups (broad SMARTS) is 1. The molecule has 1 aliphatic rings. The van der Waals surface area contributed by atoms with Crippen molar-refractivity contribution < 1.29 is 19.7 Å². The van der Waals surface area contributed by atoms with Gasteiger partial charge in [0.1, 0.15) is 5.75 Å². The van der Waals surface area contributed by atoms with Crippen LogP contribution in [0.1, 0.15) is 50.7 Å². The molecule has 0 amide bonds. The molecule has 0 aliphatic carbocycles. The summed E-state index contributed by atoms with van der Waals surface area (Å²) in [6, 6.07) is 5.51. The molecule has 0 radical (unpaired) electrons. The van der Waals surface area contributed by atoms with Crippen molar-refractivity contribution in [2.75, 3.05) is 38.2 Å². The lowest BCUT2D eigenvalue weighted by molar-refractivity contribution is -0.146. The zero-order chi connectivity index (χ0) is 23.8. The van der Waals surface area contributed by atoms with Gasteiger partial charge in [0.15, 0.2) is 0 Å². The van der Waals surface area contributed by atoms with Crippen molar-refractivity contribution in [2.24, 2.45) is 11.8 Å². The molecule has 182 valence electrons. The SMILES string of the molecule is CCCCSCCN1CCC(CCC(O)c2c(Cl)cnc3ccc(OC)cc23)C(C(=O)O)C1. The van der Waals surface area contributed by atoms with Gasteiger partial charge in [-0.1, -0.05) is 24.9 Å². The van der Waals surface area contributed by atoms with Gasteiger partial charge in [-0.2, -0.15) is 11.8 Å². The summed E-state index contributed by atoms with van der Waals surface area (Å²) in [6.07, 6.45) is 5.14. The maximum atomic E-state index is 12.0. The number of aliphatic carboxylic acids is 1. The van der Waals surface area contributed by atoms with Crippen LogP contribution in [0.4, 0.5) is 0 Å². The number of halogens is 1. The first kappa shape index (κ1) is 26.1. The van der Waals surface area contributed by atoms with Crippen molar-refractivity contribution in [1.29, 1.82) is 0 Å². The minimum absolute atomic E-state index is 0.0440. The first-order chi connectivity index (χ1) is 15.9. The number of pyridine rings is 1. The molecule has 3 rings (SSSR count). The molecule has 0 saturated carbocycles. The molecule has 0 bridgehead atoms. The van der Waals surface area contributed by atoms with Gasteiger partial charge in [-0.05, 0) is 62.1 Å². The highest BCUT2D eigenvalue weighted by molar-refractivity contribution is 7.99. The summed E-state index contributed by atoms with van der Waals surface area (Å²) in [4.78, 5) is 18.6. The zero-order valence-electron chi connectivity index (χ0n) is 19.5. The Morgan fingerprint density at radius 1 is 1.39 bits per heavy atom. The molecule has 1 aromatic heterocycles. The second kappa shape index (κ2) is 12.8. The summed E-state index contributed by atoms with van der Waals surface area (Å²) in [5, 5.41) is 22.1. The van der Waals surface area contributed by atoms with E-state index in [4.69, 9.17) is 16.3 Å². The molecule has 1 saturated heterocycles. The normalized spacial score (nSPS) is 20.1. The number of aromatic nitrogens is 1. The Morgan fingerprint density at radius 3 is 2.94 bits per heavy atom. The molecule has 3 unspecified atom stereocenters. The van der Waals surface area contributed by atoms with E-state index in [9.17, 15) is 15.0 Å². The number of hydrogen-bond acceptors (Lipinski definition) is 6. The molecule has 33 heavy (non-hydrogen) atoms. The van der Waals surface area contributed by atoms with Gasteiger partial charge in [0.2, 0.25) is 0 Å². The Labute approximate surface area is 205 Å². The van der Waals surface area contributed by atoms with Crippen LogP contribution in [0.15, 0.2) is 24.4 Å². The van der Waals surface area contributed by atoms with Gasteiger partial charge in [0, 0.05) is 36.0 Å². The van der Waals surface area contributed by atoms with E-state index in [-0.39, 0.29) is 5.92 Å². The monoisotopic (exact) mass is 494 g/mol. The smallest absolute Gasteiger partial charge is 0.308 e. The van der Waals surface area contributed by atoms with Gasteiger partial charge in [-0.3, -0.25) is 9.78 Å². The van der Waals surface area contributed by atoms with E-state index in [1.807, 2.05) is 30.0 Å². The van der Waals surface area contributed by atoms with E-state index in [1.54, 1.807) is 13.3 Å². The van der Waals surface area contributed by atoms with Crippen molar-refractivity contribution in [2.45, 2.75) is 45.1 Å². The van der Waals surface area contributed by atoms with E-state index in [1.165, 1.54) is 18.6 Å². The largest absolute Gasteiger partial charge is 0.497 e. The second-order valence-electron chi connectivity index (χ2n) is 8.76. The number of nitrogens with zero attached hydrogens (tertiary/aromatic N) is 2. The fourth-order valence-corrected chi connectivity index (χ4v) is 5.95. The third kappa shape index (κ3) is 6.98. The van der Waals surface area contributed by atoms with Crippen LogP contribution in [-0.2, 0) is 4.79 Å². The minimum atomic E-state index is -0.794. The molecule has 1 fully saturated rings. The number of benzene rings is 1. The highest BCUT2D eigenvalue weighted by Gasteiger charge is 2.34. The van der Waals surface area contributed by atoms with Crippen molar-refractivity contribution in [3.63, 3.8) is 0 Å². The predicted octanol–water partition coefficient (Wildman–Crippen LogP) is 5.27. The van der Waals surface area contributed by atoms with Crippen molar-refractivity contribution in [3.8, 4) is 5.75 Å². The van der Waals surface area contributed by atoms with Crippen LogP contribution in [-0.4, -0.2) is 64.3 Å². The van der Waals surface area contributed by atoms with Gasteiger partial charge in [-0.25, -0.2) is 0 Å². The van der Waals surface area contributed by atoms with Crippen LogP contribution in [0.2, 0.25) is 5.02 Å². The van der Waals surface area contributed by atoms with Crippen molar-refractivity contribution in [1.82, 2.24) is 9.88 Å². The number of ether oxygens (including phenoxy) is 1. The third-order valence-corrected chi connectivity index (χ3v) is 7.91. The molecule has 0 spiro atoms. The van der Waals surface area contributed by atoms with Crippen LogP contribution in [0.5, 0.6) is 5.75 Å². The Morgan fingerprint density at radius 2 is 2.21 bits per heavy atom. The molecule has 2 heterocycles. The number of fused-ring (bicyclic) bond motifs is 1. The number of unbranched alkanes of at least 4 members (excludes halogenated alkanes) is 1. The van der Waals surface area contributed by atoms with Crippen LogP contribution in [0, 0.1) is 11.8 Å². The molecule has 1 aliphatic heterocycles. The average Bonchev–Trinajstić information content (AvgIpc) is 2.82. The Bertz CT molecular complexity index is 929. The number of aliphatic hydroxyl groups is 1. The number of aliphatic hydroxyl groups excluding tert-OH is 1. The molecular formula is C25H35ClN2O4S. The van der Waals surface area contributed by atoms with Crippen molar-refractivity contribution >= 4 is 40.2 Å². The quantitative estimate of drug-likeness (QED) is 0.389. The summed E-state index contributed by atoms with van der Waals surface area (Å²) in [5.41, 5.74) is 1.37. The number of hydrogen-bond donors (Lipinski definition) is 2. The van der Waals surface area contributed by atoms with E-state index in [2.05, 4.69) is 16.8 Å². The van der Waals surface area contributed by atoms with E-state index >= 15 is 0 Å². The topological polar surface area (TPSA) is 82.9 Å². The van der Waals surface area contributed by atoms with Gasteiger partial charge in [0.05, 0.1) is 29.7 Å². The number of carboxylic acids is 1. The summed E-state index contributed by atoms with van der Waals surface area (Å²) in [5.74, 6) is 1.79. The molecule has 1 aromatic carbocycles. The highest BCUT2D eigenvalue weighted by Crippen LogP contribution is 2.36. The van der Waals surface area contributed by atoms with Crippen LogP contribution in [0.3, 0.4) is 0 Å². The second-order valence-corrected chi connectivity index (χ2v) is 10.4. The Hall–Kier alpha value is -1.54. The molecule has 3 atom stereocenters. The third-order valence-electron chi connectivity index (χ3n) is 6.56. The van der Waals surface area contributed by atoms with Crippen LogP contribution in [0.25, 0.3) is 10.9 Å². The number of methoxy groups -OCH3 is 1. The summed E-state index contributed by atoms with van der Waals surface area (Å²) >= 11 is 8.38. The van der Waals surface area contributed by atoms with E-state index in [0.717, 1.165) is 36.2 Å². The average molecular weight is 495 g/mol. The highest BCUT2D eigenvalue weighted by atomic mass is 35.5. The van der Waals surface area contributed by atoms with E-state index in [0.29, 0.717) is 35.7 Å². The zero-order valence-corrected chi connectivity index (χ0v) is 21.1. The summed E-state index contributed by atoms with van der Waals surface area (Å²) in [6.45, 7) is 4.63. The Kier molecular flexibility index (Phi) is 10.1. The first-order valence-electron chi connectivity index (χ1n) is 11.8. The number of likely N-dealkylation sites (tertiary alicyclic amines) is 1. The van der Waals surface area contributed by atoms with E-state index < -0.39 is 18.0 Å². The summed E-state index contributed by atoms with van der Waals surface area (Å²) < 4.78 is 5.33. The first-order valence-corrected chi connectivity index (χ1v) is 13.3. The number of carbonyl (C=O) groups is 1. The van der Waals surface area contributed by atoms with Gasteiger partial charge in [0.25, 0.3) is 0 Å². The molecular weight excluding hydrogens is 460 g/mol. The fourth-order valence-electron chi connectivity index (χ4n) is 4.59. The van der Waals surface area contributed by atoms with Crippen molar-refractivity contribution in [3.05, 3.63) is 35.0 Å². The molecule has 2 N–H and O–H groups in total. The number of thioether (sulfide) groups is 1. The lowest BCUT2D eigenvalue weighted by Gasteiger charge is -2.37. The van der Waals surface area contributed by atoms with Gasteiger partial charge >= 0.3 is 5.97 Å². The van der Waals surface area contributed by atoms with Gasteiger partial charge in [-0.15, -0.1) is 0 Å². The minimum Gasteiger partial charge on any atom is -0.497 e. The summed E-state index contributed by atoms with van der Waals surface area (Å²) in [7, 11) is 1.59. The fraction of sp³-hybridized carbons (Fsp3) is 0.600. The molecule has 8 heteroatoms. The standard InChI is InChI=1S/C25H35ClN2O4S/c1-3-4-12-33-13-11-28-10-9-17(20(16-28)25(30)31)5-8-23(29)24-19-14-18(32-2)6-7-22(19)27-15-21(24)26/h6-7,14-15,17,20,23,29H,3-5,8-13,16H2,1-2H3,(H,30,31). The maximum Gasteiger partial charge on any atom is 0.308 e.